The predicted octanol–water partition coefficient (Wildman–Crippen LogP) is 4.62. The first-order valence-electron chi connectivity index (χ1n) is 12.2. The average molecular weight is 495 g/mol. The predicted molar refractivity (Wildman–Crippen MR) is 134 cm³/mol. The minimum atomic E-state index is -0.954. The molecule has 0 aliphatic heterocycles. The van der Waals surface area contributed by atoms with Crippen molar-refractivity contribution in [3.05, 3.63) is 12.2 Å². The van der Waals surface area contributed by atoms with Crippen LogP contribution in [0.2, 0.25) is 0 Å². The molecule has 0 bridgehead atoms. The van der Waals surface area contributed by atoms with Gasteiger partial charge >= 0.3 is 5.97 Å². The van der Waals surface area contributed by atoms with Crippen molar-refractivity contribution < 1.29 is 45.0 Å². The molecule has 0 saturated heterocycles. The lowest BCUT2D eigenvalue weighted by molar-refractivity contribution is -0.137. The molecule has 9 heteroatoms. The van der Waals surface area contributed by atoms with Crippen molar-refractivity contribution in [1.29, 1.82) is 0 Å². The second-order valence-corrected chi connectivity index (χ2v) is 7.79. The van der Waals surface area contributed by atoms with Gasteiger partial charge in [0.2, 0.25) is 0 Å². The number of aliphatic hydroxyl groups excluding tert-OH is 3. The second kappa shape index (κ2) is 35.6. The molecule has 6 N–H and O–H groups in total. The highest BCUT2D eigenvalue weighted by atomic mass is 16.4. The molecule has 0 rings (SSSR count). The summed E-state index contributed by atoms with van der Waals surface area (Å²) in [4.78, 5) is 28.3. The molecule has 0 aromatic heterocycles. The summed E-state index contributed by atoms with van der Waals surface area (Å²) in [6, 6.07) is 0. The fourth-order valence-electron chi connectivity index (χ4n) is 2.40. The Morgan fingerprint density at radius 1 is 0.647 bits per heavy atom. The highest BCUT2D eigenvalue weighted by Crippen LogP contribution is 2.09. The van der Waals surface area contributed by atoms with E-state index in [1.807, 2.05) is 0 Å². The Kier molecular flexibility index (Phi) is 41.1. The molecule has 0 aliphatic carbocycles. The van der Waals surface area contributed by atoms with E-state index in [2.05, 4.69) is 19.1 Å². The minimum Gasteiger partial charge on any atom is -0.481 e. The molecule has 34 heavy (non-hydrogen) atoms. The fraction of sp³-hybridized carbons (Fsp3) is 0.800. The third kappa shape index (κ3) is 69.9. The van der Waals surface area contributed by atoms with Gasteiger partial charge in [-0.15, -0.1) is 0 Å². The molecule has 9 nitrogen and oxygen atoms in total. The number of hydrogen-bond donors (Lipinski definition) is 6. The van der Waals surface area contributed by atoms with Crippen LogP contribution < -0.4 is 0 Å². The van der Waals surface area contributed by atoms with E-state index in [0.717, 1.165) is 26.7 Å². The lowest BCUT2D eigenvalue weighted by Gasteiger charge is -1.99. The molecule has 0 atom stereocenters. The lowest BCUT2D eigenvalue weighted by Crippen LogP contribution is -2.15. The Morgan fingerprint density at radius 2 is 0.971 bits per heavy atom. The Bertz CT molecular complexity index is 441. The van der Waals surface area contributed by atoms with Gasteiger partial charge in [-0.3, -0.25) is 14.4 Å². The van der Waals surface area contributed by atoms with Crippen LogP contribution in [-0.4, -0.2) is 67.9 Å². The zero-order valence-electron chi connectivity index (χ0n) is 21.5. The SMILES string of the molecule is CC(=O)O.CC(=O)O.CCCCCCCC/C=C\CCCCCCCC(=O)O.OCC(O)CO. The number of rotatable bonds is 17. The number of unbranched alkanes of at least 4 members (excludes halogenated alkanes) is 11. The maximum atomic E-state index is 10.3. The molecule has 0 aromatic rings. The second-order valence-electron chi connectivity index (χ2n) is 7.79. The van der Waals surface area contributed by atoms with Gasteiger partial charge in [0, 0.05) is 20.3 Å². The van der Waals surface area contributed by atoms with Gasteiger partial charge in [0.25, 0.3) is 11.9 Å². The Balaban J connectivity index is -0.000000260. The van der Waals surface area contributed by atoms with Crippen LogP contribution in [0.25, 0.3) is 0 Å². The van der Waals surface area contributed by atoms with Crippen LogP contribution in [-0.2, 0) is 14.4 Å². The van der Waals surface area contributed by atoms with Crippen molar-refractivity contribution in [2.24, 2.45) is 0 Å². The summed E-state index contributed by atoms with van der Waals surface area (Å²) in [5.41, 5.74) is 0. The largest absolute Gasteiger partial charge is 0.481 e. The van der Waals surface area contributed by atoms with Crippen LogP contribution in [0.3, 0.4) is 0 Å². The molecule has 0 aliphatic rings. The van der Waals surface area contributed by atoms with E-state index < -0.39 is 24.0 Å². The van der Waals surface area contributed by atoms with E-state index in [-0.39, 0.29) is 13.2 Å². The molecule has 0 heterocycles. The summed E-state index contributed by atoms with van der Waals surface area (Å²) in [6.07, 6.45) is 20.3. The monoisotopic (exact) mass is 494 g/mol. The molecule has 204 valence electrons. The van der Waals surface area contributed by atoms with Crippen LogP contribution in [0.1, 0.15) is 111 Å². The van der Waals surface area contributed by atoms with Crippen LogP contribution in [0, 0.1) is 0 Å². The van der Waals surface area contributed by atoms with Crippen LogP contribution in [0.15, 0.2) is 12.2 Å². The molecule has 0 fully saturated rings. The van der Waals surface area contributed by atoms with Crippen molar-refractivity contribution in [1.82, 2.24) is 0 Å². The quantitative estimate of drug-likeness (QED) is 0.124. The summed E-state index contributed by atoms with van der Waals surface area (Å²) < 4.78 is 0. The van der Waals surface area contributed by atoms with Crippen LogP contribution in [0.4, 0.5) is 0 Å². The van der Waals surface area contributed by atoms with E-state index in [9.17, 15) is 4.79 Å². The van der Waals surface area contributed by atoms with Crippen molar-refractivity contribution in [2.75, 3.05) is 13.2 Å². The van der Waals surface area contributed by atoms with Gasteiger partial charge in [-0.2, -0.15) is 0 Å². The maximum Gasteiger partial charge on any atom is 0.303 e. The summed E-state index contributed by atoms with van der Waals surface area (Å²) in [5, 5.41) is 47.4. The van der Waals surface area contributed by atoms with Gasteiger partial charge in [-0.25, -0.2) is 0 Å². The first kappa shape index (κ1) is 39.3. The highest BCUT2D eigenvalue weighted by molar-refractivity contribution is 5.66. The van der Waals surface area contributed by atoms with Gasteiger partial charge in [0.1, 0.15) is 6.10 Å². The van der Waals surface area contributed by atoms with E-state index in [4.69, 9.17) is 40.2 Å². The first-order chi connectivity index (χ1) is 16.0. The molecule has 0 saturated carbocycles. The zero-order chi connectivity index (χ0) is 27.0. The van der Waals surface area contributed by atoms with Gasteiger partial charge in [-0.1, -0.05) is 70.4 Å². The Labute approximate surface area is 205 Å². The smallest absolute Gasteiger partial charge is 0.303 e. The summed E-state index contributed by atoms with van der Waals surface area (Å²) in [7, 11) is 0. The summed E-state index contributed by atoms with van der Waals surface area (Å²) in [5.74, 6) is -2.33. The molecular formula is C25H50O9. The van der Waals surface area contributed by atoms with Crippen molar-refractivity contribution in [3.63, 3.8) is 0 Å². The number of hydrogen-bond acceptors (Lipinski definition) is 6. The topological polar surface area (TPSA) is 173 Å². The number of allylic oxidation sites excluding steroid dienone is 2. The van der Waals surface area contributed by atoms with E-state index >= 15 is 0 Å². The zero-order valence-corrected chi connectivity index (χ0v) is 21.5. The van der Waals surface area contributed by atoms with Gasteiger partial charge in [-0.05, 0) is 32.1 Å². The standard InChI is InChI=1S/C18H34O2.C3H8O3.2C2H4O2/c1-2-3-4-5-6-7-8-9-10-11-12-13-14-15-16-17-18(19)20;4-1-3(6)2-5;2*1-2(3)4/h9-10H,2-8,11-17H2,1H3,(H,19,20);3-6H,1-2H2;2*1H3,(H,3,4)/b10-9-;;;. The van der Waals surface area contributed by atoms with Gasteiger partial charge < -0.3 is 30.6 Å². The summed E-state index contributed by atoms with van der Waals surface area (Å²) >= 11 is 0. The fourth-order valence-corrected chi connectivity index (χ4v) is 2.40. The molecule has 0 amide bonds. The van der Waals surface area contributed by atoms with Crippen LogP contribution in [0.5, 0.6) is 0 Å². The number of aliphatic carboxylic acids is 3. The van der Waals surface area contributed by atoms with Crippen LogP contribution >= 0.6 is 0 Å². The van der Waals surface area contributed by atoms with Crippen molar-refractivity contribution in [2.45, 2.75) is 117 Å². The Morgan fingerprint density at radius 3 is 1.26 bits per heavy atom. The number of carboxylic acid groups (broad SMARTS) is 3. The maximum absolute atomic E-state index is 10.3. The molecule has 0 radical (unpaired) electrons. The molecule has 0 spiro atoms. The average Bonchev–Trinajstić information content (AvgIpc) is 2.75. The molecule has 0 aromatic carbocycles. The van der Waals surface area contributed by atoms with Gasteiger partial charge in [0.15, 0.2) is 0 Å². The van der Waals surface area contributed by atoms with Crippen molar-refractivity contribution in [3.8, 4) is 0 Å². The Hall–Kier alpha value is -1.97. The normalized spacial score (nSPS) is 9.85. The highest BCUT2D eigenvalue weighted by Gasteiger charge is 1.96. The third-order valence-corrected chi connectivity index (χ3v) is 4.07. The first-order valence-corrected chi connectivity index (χ1v) is 12.2. The minimum absolute atomic E-state index is 0.332. The van der Waals surface area contributed by atoms with E-state index in [1.54, 1.807) is 0 Å². The number of carboxylic acids is 3. The van der Waals surface area contributed by atoms with Crippen molar-refractivity contribution >= 4 is 17.9 Å². The summed E-state index contributed by atoms with van der Waals surface area (Å²) in [6.45, 7) is 3.70. The molecule has 0 unspecified atom stereocenters. The van der Waals surface area contributed by atoms with E-state index in [0.29, 0.717) is 6.42 Å². The van der Waals surface area contributed by atoms with E-state index in [1.165, 1.54) is 70.6 Å². The lowest BCUT2D eigenvalue weighted by atomic mass is 10.1. The number of carbonyl (C=O) groups is 3. The third-order valence-electron chi connectivity index (χ3n) is 4.07. The molecular weight excluding hydrogens is 444 g/mol. The number of aliphatic hydroxyl groups is 3. The van der Waals surface area contributed by atoms with Gasteiger partial charge in [0.05, 0.1) is 13.2 Å².